The van der Waals surface area contributed by atoms with E-state index < -0.39 is 0 Å². The van der Waals surface area contributed by atoms with Crippen LogP contribution in [0.25, 0.3) is 111 Å². The quantitative estimate of drug-likeness (QED) is 0.151. The molecule has 0 aliphatic heterocycles. The minimum absolute atomic E-state index is 0.667. The number of aryl methyl sites for hydroxylation is 1. The first-order valence-electron chi connectivity index (χ1n) is 20.5. The molecule has 61 heavy (non-hydrogen) atoms. The second kappa shape index (κ2) is 15.2. The molecule has 5 heteroatoms. The molecule has 0 saturated heterocycles. The molecule has 4 aromatic heterocycles. The number of benzene rings is 7. The molecular formula is C56H37N5. The van der Waals surface area contributed by atoms with Crippen LogP contribution in [-0.4, -0.2) is 24.9 Å². The second-order valence-electron chi connectivity index (χ2n) is 15.4. The number of fused-ring (bicyclic) bond motifs is 4. The predicted molar refractivity (Wildman–Crippen MR) is 251 cm³/mol. The Hall–Kier alpha value is -8.15. The van der Waals surface area contributed by atoms with Gasteiger partial charge < -0.3 is 0 Å². The van der Waals surface area contributed by atoms with Gasteiger partial charge in [-0.15, -0.1) is 0 Å². The fraction of sp³-hybridized carbons (Fsp3) is 0.0179. The summed E-state index contributed by atoms with van der Waals surface area (Å²) in [6.45, 7) is 2.05. The first kappa shape index (κ1) is 36.0. The van der Waals surface area contributed by atoms with Gasteiger partial charge in [0.15, 0.2) is 5.82 Å². The molecule has 0 atom stereocenters. The Morgan fingerprint density at radius 1 is 0.311 bits per heavy atom. The van der Waals surface area contributed by atoms with E-state index >= 15 is 0 Å². The van der Waals surface area contributed by atoms with Crippen LogP contribution in [0.4, 0.5) is 0 Å². The van der Waals surface area contributed by atoms with E-state index in [2.05, 4.69) is 176 Å². The van der Waals surface area contributed by atoms with Crippen LogP contribution in [0.5, 0.6) is 0 Å². The Labute approximate surface area is 353 Å². The zero-order chi connectivity index (χ0) is 40.7. The summed E-state index contributed by atoms with van der Waals surface area (Å²) in [5.41, 5.74) is 16.2. The van der Waals surface area contributed by atoms with E-state index in [1.165, 1.54) is 16.5 Å². The van der Waals surface area contributed by atoms with Crippen LogP contribution in [0.1, 0.15) is 5.69 Å². The highest BCUT2D eigenvalue weighted by Crippen LogP contribution is 2.36. The molecule has 286 valence electrons. The van der Waals surface area contributed by atoms with Gasteiger partial charge in [-0.3, -0.25) is 9.97 Å². The van der Waals surface area contributed by atoms with E-state index in [4.69, 9.17) is 19.9 Å². The summed E-state index contributed by atoms with van der Waals surface area (Å²) >= 11 is 0. The zero-order valence-electron chi connectivity index (χ0n) is 33.4. The molecule has 0 N–H and O–H groups in total. The maximum Gasteiger partial charge on any atom is 0.160 e. The molecule has 0 fully saturated rings. The lowest BCUT2D eigenvalue weighted by atomic mass is 9.97. The molecule has 0 amide bonds. The molecule has 11 aromatic rings. The average molecular weight is 780 g/mol. The third kappa shape index (κ3) is 6.88. The SMILES string of the molecule is Cc1cc(-c2ccccc2)c2ccc3ccc(-c4cccc(-c5ccc(-c6nc(-c7ccccc7)cc(-c7cccc(-c8cncc9ccccc89)c7)n6)cc5)c4)nc3c2n1. The molecule has 4 heterocycles. The summed E-state index contributed by atoms with van der Waals surface area (Å²) in [6.07, 6.45) is 3.86. The largest absolute Gasteiger partial charge is 0.263 e. The number of hydrogen-bond acceptors (Lipinski definition) is 5. The highest BCUT2D eigenvalue weighted by atomic mass is 14.9. The van der Waals surface area contributed by atoms with Crippen molar-refractivity contribution in [2.24, 2.45) is 0 Å². The van der Waals surface area contributed by atoms with Crippen LogP contribution in [0.3, 0.4) is 0 Å². The van der Waals surface area contributed by atoms with Gasteiger partial charge >= 0.3 is 0 Å². The van der Waals surface area contributed by atoms with Crippen LogP contribution in [-0.2, 0) is 0 Å². The lowest BCUT2D eigenvalue weighted by Crippen LogP contribution is -1.96. The first-order valence-corrected chi connectivity index (χ1v) is 20.5. The summed E-state index contributed by atoms with van der Waals surface area (Å²) in [5.74, 6) is 0.667. The molecule has 5 nitrogen and oxygen atoms in total. The lowest BCUT2D eigenvalue weighted by molar-refractivity contribution is 1.18. The van der Waals surface area contributed by atoms with Crippen LogP contribution in [0.2, 0.25) is 0 Å². The third-order valence-corrected chi connectivity index (χ3v) is 11.4. The van der Waals surface area contributed by atoms with Crippen molar-refractivity contribution in [2.75, 3.05) is 0 Å². The van der Waals surface area contributed by atoms with E-state index in [1.54, 1.807) is 0 Å². The Balaban J connectivity index is 0.945. The van der Waals surface area contributed by atoms with Crippen molar-refractivity contribution in [1.29, 1.82) is 0 Å². The minimum Gasteiger partial charge on any atom is -0.263 e. The van der Waals surface area contributed by atoms with Gasteiger partial charge in [0.25, 0.3) is 0 Å². The molecule has 0 aliphatic rings. The topological polar surface area (TPSA) is 64.5 Å². The smallest absolute Gasteiger partial charge is 0.160 e. The zero-order valence-corrected chi connectivity index (χ0v) is 33.4. The van der Waals surface area contributed by atoms with Crippen molar-refractivity contribution < 1.29 is 0 Å². The van der Waals surface area contributed by atoms with Crippen molar-refractivity contribution >= 4 is 32.6 Å². The molecule has 0 bridgehead atoms. The van der Waals surface area contributed by atoms with E-state index in [0.29, 0.717) is 5.82 Å². The number of rotatable bonds is 7. The van der Waals surface area contributed by atoms with Gasteiger partial charge in [-0.1, -0.05) is 164 Å². The van der Waals surface area contributed by atoms with Gasteiger partial charge in [-0.2, -0.15) is 0 Å². The third-order valence-electron chi connectivity index (χ3n) is 11.4. The summed E-state index contributed by atoms with van der Waals surface area (Å²) in [4.78, 5) is 25.1. The van der Waals surface area contributed by atoms with Crippen molar-refractivity contribution in [3.05, 3.63) is 212 Å². The monoisotopic (exact) mass is 779 g/mol. The predicted octanol–water partition coefficient (Wildman–Crippen LogP) is 14.1. The maximum atomic E-state index is 5.26. The molecule has 0 unspecified atom stereocenters. The summed E-state index contributed by atoms with van der Waals surface area (Å²) < 4.78 is 0. The normalized spacial score (nSPS) is 11.4. The van der Waals surface area contributed by atoms with Gasteiger partial charge in [0.1, 0.15) is 0 Å². The summed E-state index contributed by atoms with van der Waals surface area (Å²) in [5, 5.41) is 4.44. The summed E-state index contributed by atoms with van der Waals surface area (Å²) in [7, 11) is 0. The average Bonchev–Trinajstić information content (AvgIpc) is 3.34. The van der Waals surface area contributed by atoms with E-state index in [1.807, 2.05) is 42.7 Å². The Morgan fingerprint density at radius 2 is 0.934 bits per heavy atom. The molecule has 7 aromatic carbocycles. The second-order valence-corrected chi connectivity index (χ2v) is 15.4. The fourth-order valence-corrected chi connectivity index (χ4v) is 8.36. The van der Waals surface area contributed by atoms with Gasteiger partial charge in [0.2, 0.25) is 0 Å². The molecular weight excluding hydrogens is 743 g/mol. The number of nitrogens with zero attached hydrogens (tertiary/aromatic N) is 5. The van der Waals surface area contributed by atoms with Gasteiger partial charge in [0, 0.05) is 62.1 Å². The van der Waals surface area contributed by atoms with Crippen molar-refractivity contribution in [2.45, 2.75) is 6.92 Å². The number of pyridine rings is 3. The lowest BCUT2D eigenvalue weighted by Gasteiger charge is -2.12. The van der Waals surface area contributed by atoms with Crippen molar-refractivity contribution in [1.82, 2.24) is 24.9 Å². The van der Waals surface area contributed by atoms with Crippen LogP contribution < -0.4 is 0 Å². The van der Waals surface area contributed by atoms with Gasteiger partial charge in [-0.25, -0.2) is 15.0 Å². The van der Waals surface area contributed by atoms with Crippen molar-refractivity contribution in [3.63, 3.8) is 0 Å². The Morgan fingerprint density at radius 3 is 1.74 bits per heavy atom. The maximum absolute atomic E-state index is 5.26. The Bertz CT molecular complexity index is 3410. The summed E-state index contributed by atoms with van der Waals surface area (Å²) in [6, 6.07) is 67.7. The molecule has 0 radical (unpaired) electrons. The van der Waals surface area contributed by atoms with Crippen LogP contribution in [0.15, 0.2) is 207 Å². The molecule has 11 rings (SSSR count). The Kier molecular flexibility index (Phi) is 8.98. The van der Waals surface area contributed by atoms with Crippen molar-refractivity contribution in [3.8, 4) is 78.5 Å². The molecule has 0 aliphatic carbocycles. The highest BCUT2D eigenvalue weighted by molar-refractivity contribution is 6.09. The fourth-order valence-electron chi connectivity index (χ4n) is 8.36. The van der Waals surface area contributed by atoms with Gasteiger partial charge in [-0.05, 0) is 70.5 Å². The molecule has 0 spiro atoms. The highest BCUT2D eigenvalue weighted by Gasteiger charge is 2.15. The standard InChI is InChI=1S/C56H37N5/c1-36-30-49(38-12-4-2-5-13-38)48-28-26-40-27-29-51(59-54(40)55(48)58-36)44-19-10-17-42(31-44)37-22-24-41(25-23-37)56-60-52(39-14-6-3-7-15-39)33-53(61-56)45-20-11-18-43(32-45)50-35-57-34-46-16-8-9-21-47(46)50/h2-35H,1H3. The van der Waals surface area contributed by atoms with E-state index in [9.17, 15) is 0 Å². The number of hydrogen-bond donors (Lipinski definition) is 0. The number of aromatic nitrogens is 5. The minimum atomic E-state index is 0.667. The van der Waals surface area contributed by atoms with Crippen LogP contribution >= 0.6 is 0 Å². The van der Waals surface area contributed by atoms with Crippen LogP contribution in [0, 0.1) is 6.92 Å². The van der Waals surface area contributed by atoms with E-state index in [-0.39, 0.29) is 0 Å². The van der Waals surface area contributed by atoms with E-state index in [0.717, 1.165) is 94.5 Å². The van der Waals surface area contributed by atoms with Gasteiger partial charge in [0.05, 0.1) is 28.1 Å². The first-order chi connectivity index (χ1) is 30.1. The molecule has 0 saturated carbocycles.